The first-order chi connectivity index (χ1) is 13.4. The average molecular weight is 396 g/mol. The highest BCUT2D eigenvalue weighted by Crippen LogP contribution is 2.24. The van der Waals surface area contributed by atoms with Crippen LogP contribution in [0.5, 0.6) is 0 Å². The predicted octanol–water partition coefficient (Wildman–Crippen LogP) is 3.05. The summed E-state index contributed by atoms with van der Waals surface area (Å²) >= 11 is 1.27. The maximum Gasteiger partial charge on any atom is 0.237 e. The molecule has 0 aliphatic carbocycles. The van der Waals surface area contributed by atoms with Gasteiger partial charge in [-0.25, -0.2) is 0 Å². The summed E-state index contributed by atoms with van der Waals surface area (Å²) in [5, 5.41) is 17.4. The van der Waals surface area contributed by atoms with E-state index in [-0.39, 0.29) is 11.8 Å². The summed E-state index contributed by atoms with van der Waals surface area (Å²) < 4.78 is 1.61. The van der Waals surface area contributed by atoms with Crippen molar-refractivity contribution >= 4 is 35.0 Å². The fraction of sp³-hybridized carbons (Fsp3) is 0.211. The molecule has 0 aliphatic rings. The number of hydrogen-bond donors (Lipinski definition) is 2. The van der Waals surface area contributed by atoms with Crippen molar-refractivity contribution < 1.29 is 9.59 Å². The van der Waals surface area contributed by atoms with Crippen molar-refractivity contribution in [1.29, 1.82) is 0 Å². The van der Waals surface area contributed by atoms with Crippen molar-refractivity contribution in [2.75, 3.05) is 10.6 Å². The van der Waals surface area contributed by atoms with E-state index in [9.17, 15) is 9.59 Å². The van der Waals surface area contributed by atoms with Crippen LogP contribution in [-0.2, 0) is 9.59 Å². The van der Waals surface area contributed by atoms with Gasteiger partial charge in [-0.2, -0.15) is 4.68 Å². The molecule has 1 atom stereocenters. The van der Waals surface area contributed by atoms with Crippen LogP contribution in [0, 0.1) is 6.92 Å². The molecular formula is C19H20N6O2S. The summed E-state index contributed by atoms with van der Waals surface area (Å²) in [6.45, 7) is 5.24. The Balaban J connectivity index is 1.64. The van der Waals surface area contributed by atoms with Crippen molar-refractivity contribution in [3.05, 3.63) is 54.1 Å². The Morgan fingerprint density at radius 3 is 2.21 bits per heavy atom. The van der Waals surface area contributed by atoms with Crippen molar-refractivity contribution in [3.8, 4) is 5.69 Å². The molecule has 2 N–H and O–H groups in total. The summed E-state index contributed by atoms with van der Waals surface area (Å²) in [4.78, 5) is 23.6. The number of benzene rings is 2. The van der Waals surface area contributed by atoms with Crippen molar-refractivity contribution in [3.63, 3.8) is 0 Å². The lowest BCUT2D eigenvalue weighted by Crippen LogP contribution is -2.23. The Hall–Kier alpha value is -3.20. The van der Waals surface area contributed by atoms with Gasteiger partial charge in [-0.05, 0) is 60.7 Å². The van der Waals surface area contributed by atoms with Gasteiger partial charge in [-0.3, -0.25) is 9.59 Å². The summed E-state index contributed by atoms with van der Waals surface area (Å²) in [5.74, 6) is -0.316. The molecule has 9 heteroatoms. The molecule has 0 radical (unpaired) electrons. The second kappa shape index (κ2) is 8.66. The van der Waals surface area contributed by atoms with Crippen LogP contribution < -0.4 is 10.6 Å². The first kappa shape index (κ1) is 19.6. The Labute approximate surface area is 166 Å². The van der Waals surface area contributed by atoms with Gasteiger partial charge in [-0.15, -0.1) is 5.10 Å². The Bertz CT molecular complexity index is 969. The van der Waals surface area contributed by atoms with E-state index < -0.39 is 5.25 Å². The molecule has 1 aromatic heterocycles. The largest absolute Gasteiger partial charge is 0.326 e. The fourth-order valence-electron chi connectivity index (χ4n) is 2.40. The van der Waals surface area contributed by atoms with Crippen LogP contribution in [0.2, 0.25) is 0 Å². The van der Waals surface area contributed by atoms with Crippen LogP contribution in [0.25, 0.3) is 5.69 Å². The molecule has 0 fully saturated rings. The Kier molecular flexibility index (Phi) is 6.05. The monoisotopic (exact) mass is 396 g/mol. The van der Waals surface area contributed by atoms with Crippen LogP contribution in [0.1, 0.15) is 19.4 Å². The lowest BCUT2D eigenvalue weighted by atomic mass is 10.2. The number of rotatable bonds is 6. The number of tetrazole rings is 1. The van der Waals surface area contributed by atoms with Gasteiger partial charge in [0.1, 0.15) is 0 Å². The first-order valence-electron chi connectivity index (χ1n) is 8.63. The lowest BCUT2D eigenvalue weighted by Gasteiger charge is -2.12. The number of nitrogens with one attached hydrogen (secondary N) is 2. The van der Waals surface area contributed by atoms with Crippen LogP contribution in [0.3, 0.4) is 0 Å². The highest BCUT2D eigenvalue weighted by atomic mass is 32.2. The minimum absolute atomic E-state index is 0.145. The van der Waals surface area contributed by atoms with E-state index in [1.54, 1.807) is 35.9 Å². The zero-order valence-corrected chi connectivity index (χ0v) is 16.5. The molecule has 3 aromatic rings. The SMILES string of the molecule is CC(=O)Nc1ccc(NC(=O)[C@H](C)Sc2nnnn2-c2ccc(C)cc2)cc1. The van der Waals surface area contributed by atoms with Gasteiger partial charge >= 0.3 is 0 Å². The molecule has 0 spiro atoms. The van der Waals surface area contributed by atoms with Gasteiger partial charge in [0.25, 0.3) is 0 Å². The standard InChI is InChI=1S/C19H20N6O2S/c1-12-4-10-17(11-5-12)25-19(22-23-24-25)28-13(2)18(27)21-16-8-6-15(7-9-16)20-14(3)26/h4-11,13H,1-3H3,(H,20,26)(H,21,27)/t13-/m0/s1. The molecule has 8 nitrogen and oxygen atoms in total. The van der Waals surface area contributed by atoms with E-state index in [4.69, 9.17) is 0 Å². The van der Waals surface area contributed by atoms with Crippen LogP contribution in [0.4, 0.5) is 11.4 Å². The first-order valence-corrected chi connectivity index (χ1v) is 9.51. The zero-order valence-electron chi connectivity index (χ0n) is 15.7. The fourth-order valence-corrected chi connectivity index (χ4v) is 3.20. The third kappa shape index (κ3) is 4.95. The van der Waals surface area contributed by atoms with E-state index in [1.165, 1.54) is 18.7 Å². The topological polar surface area (TPSA) is 102 Å². The van der Waals surface area contributed by atoms with Crippen LogP contribution in [-0.4, -0.2) is 37.3 Å². The van der Waals surface area contributed by atoms with Gasteiger partial charge in [-0.1, -0.05) is 29.5 Å². The molecule has 144 valence electrons. The molecule has 0 aliphatic heterocycles. The number of anilines is 2. The second-order valence-corrected chi connectivity index (χ2v) is 7.52. The highest BCUT2D eigenvalue weighted by Gasteiger charge is 2.19. The van der Waals surface area contributed by atoms with E-state index in [1.807, 2.05) is 31.2 Å². The minimum Gasteiger partial charge on any atom is -0.326 e. The van der Waals surface area contributed by atoms with Gasteiger partial charge < -0.3 is 10.6 Å². The number of nitrogens with zero attached hydrogens (tertiary/aromatic N) is 4. The molecule has 0 saturated carbocycles. The van der Waals surface area contributed by atoms with E-state index in [0.29, 0.717) is 16.5 Å². The number of carbonyl (C=O) groups excluding carboxylic acids is 2. The number of aromatic nitrogens is 4. The molecule has 0 unspecified atom stereocenters. The van der Waals surface area contributed by atoms with E-state index >= 15 is 0 Å². The quantitative estimate of drug-likeness (QED) is 0.621. The second-order valence-electron chi connectivity index (χ2n) is 6.22. The van der Waals surface area contributed by atoms with Crippen molar-refractivity contribution in [2.45, 2.75) is 31.2 Å². The molecule has 28 heavy (non-hydrogen) atoms. The molecule has 3 rings (SSSR count). The van der Waals surface area contributed by atoms with Crippen molar-refractivity contribution in [1.82, 2.24) is 20.2 Å². The minimum atomic E-state index is -0.412. The average Bonchev–Trinajstić information content (AvgIpc) is 3.11. The van der Waals surface area contributed by atoms with Crippen LogP contribution >= 0.6 is 11.8 Å². The summed E-state index contributed by atoms with van der Waals surface area (Å²) in [6, 6.07) is 14.7. The third-order valence-corrected chi connectivity index (χ3v) is 4.88. The highest BCUT2D eigenvalue weighted by molar-refractivity contribution is 8.00. The van der Waals surface area contributed by atoms with E-state index in [2.05, 4.69) is 26.2 Å². The van der Waals surface area contributed by atoms with Gasteiger partial charge in [0, 0.05) is 18.3 Å². The number of hydrogen-bond acceptors (Lipinski definition) is 6. The third-order valence-electron chi connectivity index (χ3n) is 3.84. The molecule has 2 aromatic carbocycles. The number of aryl methyl sites for hydroxylation is 1. The normalized spacial score (nSPS) is 11.7. The Morgan fingerprint density at radius 2 is 1.61 bits per heavy atom. The Morgan fingerprint density at radius 1 is 1.00 bits per heavy atom. The van der Waals surface area contributed by atoms with Gasteiger partial charge in [0.15, 0.2) is 0 Å². The maximum absolute atomic E-state index is 12.5. The molecule has 0 saturated heterocycles. The number of thioether (sulfide) groups is 1. The smallest absolute Gasteiger partial charge is 0.237 e. The maximum atomic E-state index is 12.5. The van der Waals surface area contributed by atoms with E-state index in [0.717, 1.165) is 11.3 Å². The molecule has 2 amide bonds. The summed E-state index contributed by atoms with van der Waals surface area (Å²) in [7, 11) is 0. The lowest BCUT2D eigenvalue weighted by molar-refractivity contribution is -0.115. The molecule has 1 heterocycles. The van der Waals surface area contributed by atoms with Gasteiger partial charge in [0.05, 0.1) is 10.9 Å². The summed E-state index contributed by atoms with van der Waals surface area (Å²) in [6.07, 6.45) is 0. The van der Waals surface area contributed by atoms with Gasteiger partial charge in [0.2, 0.25) is 17.0 Å². The number of amides is 2. The number of carbonyl (C=O) groups is 2. The van der Waals surface area contributed by atoms with Crippen molar-refractivity contribution in [2.24, 2.45) is 0 Å². The molecule has 0 bridgehead atoms. The molecular weight excluding hydrogens is 376 g/mol. The predicted molar refractivity (Wildman–Crippen MR) is 109 cm³/mol. The van der Waals surface area contributed by atoms with Crippen LogP contribution in [0.15, 0.2) is 53.7 Å². The zero-order chi connectivity index (χ0) is 20.1. The summed E-state index contributed by atoms with van der Waals surface area (Å²) in [5.41, 5.74) is 3.29.